The van der Waals surface area contributed by atoms with Crippen LogP contribution in [-0.2, 0) is 6.54 Å². The SMILES string of the molecule is CC12CCC(O)CC13C=CC1(C(C(=O)c4ccccc4)=C3)C2CCC2(C)C1CCC2(O)CN(Cc1ccccc1)C(=O)Nc1ccccc1. The number of fused-ring (bicyclic) bond motifs is 1. The van der Waals surface area contributed by atoms with Gasteiger partial charge >= 0.3 is 6.03 Å². The van der Waals surface area contributed by atoms with E-state index >= 15 is 0 Å². The van der Waals surface area contributed by atoms with E-state index < -0.39 is 22.5 Å². The van der Waals surface area contributed by atoms with Crippen LogP contribution in [0.15, 0.2) is 115 Å². The molecule has 2 amide bonds. The summed E-state index contributed by atoms with van der Waals surface area (Å²) in [5.74, 6) is 0.285. The number of urea groups is 1. The molecule has 254 valence electrons. The summed E-state index contributed by atoms with van der Waals surface area (Å²) in [5.41, 5.74) is 0.523. The maximum absolute atomic E-state index is 14.7. The number of carbonyl (C=O) groups is 2. The van der Waals surface area contributed by atoms with Crippen molar-refractivity contribution in [2.45, 2.75) is 77.0 Å². The van der Waals surface area contributed by atoms with Crippen LogP contribution in [0.2, 0.25) is 0 Å². The van der Waals surface area contributed by atoms with Crippen molar-refractivity contribution in [2.24, 2.45) is 33.5 Å². The number of amides is 2. The molecule has 6 aliphatic rings. The Bertz CT molecular complexity index is 1810. The Morgan fingerprint density at radius 1 is 0.796 bits per heavy atom. The monoisotopic (exact) mass is 656 g/mol. The molecule has 0 radical (unpaired) electrons. The zero-order valence-electron chi connectivity index (χ0n) is 28.6. The zero-order valence-corrected chi connectivity index (χ0v) is 28.6. The number of rotatable bonds is 7. The fraction of sp³-hybridized carbons (Fsp3) is 0.442. The molecule has 0 heterocycles. The van der Waals surface area contributed by atoms with Crippen LogP contribution in [0.25, 0.3) is 0 Å². The molecule has 8 atom stereocenters. The minimum atomic E-state index is -1.16. The highest BCUT2D eigenvalue weighted by molar-refractivity contribution is 6.10. The molecule has 49 heavy (non-hydrogen) atoms. The molecule has 8 unspecified atom stereocenters. The van der Waals surface area contributed by atoms with Crippen LogP contribution < -0.4 is 5.32 Å². The second-order valence-electron chi connectivity index (χ2n) is 16.1. The lowest BCUT2D eigenvalue weighted by Gasteiger charge is -2.71. The molecule has 3 saturated carbocycles. The van der Waals surface area contributed by atoms with Gasteiger partial charge in [0.1, 0.15) is 0 Å². The maximum atomic E-state index is 14.7. The van der Waals surface area contributed by atoms with Gasteiger partial charge in [-0.2, -0.15) is 0 Å². The van der Waals surface area contributed by atoms with Gasteiger partial charge in [0.2, 0.25) is 0 Å². The lowest BCUT2D eigenvalue weighted by molar-refractivity contribution is -0.174. The smallest absolute Gasteiger partial charge is 0.322 e. The van der Waals surface area contributed by atoms with E-state index in [0.717, 1.165) is 43.2 Å². The molecule has 2 spiro atoms. The van der Waals surface area contributed by atoms with Gasteiger partial charge in [-0.25, -0.2) is 4.79 Å². The molecular weight excluding hydrogens is 608 g/mol. The topological polar surface area (TPSA) is 89.9 Å². The Morgan fingerprint density at radius 2 is 1.41 bits per heavy atom. The lowest BCUT2D eigenvalue weighted by Crippen LogP contribution is -2.67. The molecule has 0 aliphatic heterocycles. The zero-order chi connectivity index (χ0) is 34.1. The highest BCUT2D eigenvalue weighted by Gasteiger charge is 2.74. The van der Waals surface area contributed by atoms with Crippen LogP contribution in [0.3, 0.4) is 0 Å². The molecule has 3 aromatic rings. The normalized spacial score (nSPS) is 37.0. The number of aliphatic hydroxyl groups excluding tert-OH is 1. The number of benzene rings is 3. The van der Waals surface area contributed by atoms with Crippen LogP contribution in [0.1, 0.15) is 74.7 Å². The molecule has 3 aromatic carbocycles. The number of Topliss-reactive ketones (excluding diaryl/α,β-unsaturated/α-hetero) is 1. The lowest BCUT2D eigenvalue weighted by atomic mass is 9.32. The van der Waals surface area contributed by atoms with E-state index in [0.29, 0.717) is 30.6 Å². The first-order chi connectivity index (χ1) is 23.5. The third kappa shape index (κ3) is 4.74. The molecule has 6 nitrogen and oxygen atoms in total. The summed E-state index contributed by atoms with van der Waals surface area (Å²) in [5, 5.41) is 27.1. The number of nitrogens with one attached hydrogen (secondary N) is 1. The van der Waals surface area contributed by atoms with Crippen molar-refractivity contribution in [1.82, 2.24) is 4.90 Å². The molecule has 2 bridgehead atoms. The van der Waals surface area contributed by atoms with E-state index in [1.807, 2.05) is 91.0 Å². The quantitative estimate of drug-likeness (QED) is 0.177. The van der Waals surface area contributed by atoms with Gasteiger partial charge < -0.3 is 20.4 Å². The molecule has 6 aliphatic carbocycles. The number of ketones is 1. The molecule has 9 rings (SSSR count). The Morgan fingerprint density at radius 3 is 2.12 bits per heavy atom. The molecule has 0 saturated heterocycles. The molecular formula is C43H48N2O4. The summed E-state index contributed by atoms with van der Waals surface area (Å²) in [4.78, 5) is 30.5. The average molecular weight is 657 g/mol. The van der Waals surface area contributed by atoms with Crippen LogP contribution >= 0.6 is 0 Å². The number of hydrogen-bond donors (Lipinski definition) is 3. The van der Waals surface area contributed by atoms with E-state index in [1.54, 1.807) is 4.90 Å². The number of hydrogen-bond acceptors (Lipinski definition) is 4. The Kier molecular flexibility index (Phi) is 7.58. The van der Waals surface area contributed by atoms with E-state index in [1.165, 1.54) is 0 Å². The van der Waals surface area contributed by atoms with Crippen molar-refractivity contribution >= 4 is 17.5 Å². The number of aliphatic hydroxyl groups is 2. The summed E-state index contributed by atoms with van der Waals surface area (Å²) >= 11 is 0. The van der Waals surface area contributed by atoms with Crippen LogP contribution in [0, 0.1) is 33.5 Å². The summed E-state index contributed by atoms with van der Waals surface area (Å²) in [7, 11) is 0. The number of para-hydroxylation sites is 1. The first-order valence-electron chi connectivity index (χ1n) is 18.1. The van der Waals surface area contributed by atoms with Crippen molar-refractivity contribution in [3.8, 4) is 0 Å². The van der Waals surface area contributed by atoms with Crippen molar-refractivity contribution in [2.75, 3.05) is 11.9 Å². The minimum Gasteiger partial charge on any atom is -0.393 e. The van der Waals surface area contributed by atoms with E-state index in [9.17, 15) is 19.8 Å². The highest BCUT2D eigenvalue weighted by Crippen LogP contribution is 2.78. The standard InChI is InChI=1S/C43H48N2O4/c1-39-21-18-33(46)26-41(39)24-25-43(34(27-41)37(47)31-14-8-4-9-15-31)35(39)19-22-40(2)36(43)20-23-42(40,49)29-45(28-30-12-6-3-7-13-30)38(48)44-32-16-10-5-11-17-32/h3-17,24-25,27,33,35-36,46,49H,18-23,26,28-29H2,1-2H3,(H,44,48). The van der Waals surface area contributed by atoms with Crippen LogP contribution in [0.4, 0.5) is 10.5 Å². The highest BCUT2D eigenvalue weighted by atomic mass is 16.3. The van der Waals surface area contributed by atoms with Gasteiger partial charge in [-0.3, -0.25) is 4.79 Å². The van der Waals surface area contributed by atoms with Gasteiger partial charge in [-0.15, -0.1) is 0 Å². The molecule has 0 aromatic heterocycles. The fourth-order valence-electron chi connectivity index (χ4n) is 11.4. The third-order valence-electron chi connectivity index (χ3n) is 14.0. The summed E-state index contributed by atoms with van der Waals surface area (Å²) in [6.07, 6.45) is 11.9. The van der Waals surface area contributed by atoms with Gasteiger partial charge in [0.25, 0.3) is 0 Å². The first-order valence-corrected chi connectivity index (χ1v) is 18.1. The van der Waals surface area contributed by atoms with Gasteiger partial charge in [0.05, 0.1) is 18.2 Å². The van der Waals surface area contributed by atoms with Crippen molar-refractivity contribution in [3.63, 3.8) is 0 Å². The average Bonchev–Trinajstić information content (AvgIpc) is 3.38. The number of allylic oxidation sites excluding steroid dienone is 4. The number of anilines is 1. The Labute approximate surface area is 289 Å². The maximum Gasteiger partial charge on any atom is 0.322 e. The van der Waals surface area contributed by atoms with Crippen molar-refractivity contribution in [1.29, 1.82) is 0 Å². The number of nitrogens with zero attached hydrogens (tertiary/aromatic N) is 1. The Hall–Kier alpha value is -4.00. The summed E-state index contributed by atoms with van der Waals surface area (Å²) < 4.78 is 0. The molecule has 6 heteroatoms. The molecule has 3 fully saturated rings. The predicted octanol–water partition coefficient (Wildman–Crippen LogP) is 8.19. The van der Waals surface area contributed by atoms with Crippen LogP contribution in [-0.4, -0.2) is 45.2 Å². The minimum absolute atomic E-state index is 0.0108. The predicted molar refractivity (Wildman–Crippen MR) is 192 cm³/mol. The van der Waals surface area contributed by atoms with Crippen LogP contribution in [0.5, 0.6) is 0 Å². The van der Waals surface area contributed by atoms with E-state index in [2.05, 4.69) is 37.4 Å². The second-order valence-corrected chi connectivity index (χ2v) is 16.1. The van der Waals surface area contributed by atoms with E-state index in [-0.39, 0.29) is 41.0 Å². The van der Waals surface area contributed by atoms with Gasteiger partial charge in [0.15, 0.2) is 5.78 Å². The second kappa shape index (κ2) is 11.5. The van der Waals surface area contributed by atoms with Gasteiger partial charge in [0, 0.05) is 39.6 Å². The number of carbonyl (C=O) groups excluding carboxylic acids is 2. The fourth-order valence-corrected chi connectivity index (χ4v) is 11.4. The third-order valence-corrected chi connectivity index (χ3v) is 14.0. The van der Waals surface area contributed by atoms with E-state index in [4.69, 9.17) is 0 Å². The van der Waals surface area contributed by atoms with Crippen molar-refractivity contribution < 1.29 is 19.8 Å². The largest absolute Gasteiger partial charge is 0.393 e. The molecule has 3 N–H and O–H groups in total. The van der Waals surface area contributed by atoms with Gasteiger partial charge in [-0.05, 0) is 79.9 Å². The first kappa shape index (κ1) is 32.2. The summed E-state index contributed by atoms with van der Waals surface area (Å²) in [6, 6.07) is 28.8. The van der Waals surface area contributed by atoms with Crippen molar-refractivity contribution in [3.05, 3.63) is 126 Å². The van der Waals surface area contributed by atoms with Gasteiger partial charge in [-0.1, -0.05) is 111 Å². The summed E-state index contributed by atoms with van der Waals surface area (Å²) in [6.45, 7) is 5.20. The Balaban J connectivity index is 1.19.